The van der Waals surface area contributed by atoms with Gasteiger partial charge in [-0.1, -0.05) is 79.4 Å². The molecule has 3 fully saturated rings. The van der Waals surface area contributed by atoms with Crippen LogP contribution in [0.15, 0.2) is 60.7 Å². The minimum Gasteiger partial charge on any atom is -0.359 e. The summed E-state index contributed by atoms with van der Waals surface area (Å²) in [5.74, 6) is -2.22. The van der Waals surface area contributed by atoms with E-state index in [0.29, 0.717) is 23.7 Å². The summed E-state index contributed by atoms with van der Waals surface area (Å²) in [6.45, 7) is 2.26. The van der Waals surface area contributed by atoms with Crippen molar-refractivity contribution in [3.63, 3.8) is 0 Å². The molecule has 2 aromatic rings. The molecule has 1 spiro atoms. The monoisotopic (exact) mass is 547 g/mol. The number of carbonyl (C=O) groups is 3. The highest BCUT2D eigenvalue weighted by Crippen LogP contribution is 2.55. The van der Waals surface area contributed by atoms with Crippen molar-refractivity contribution in [1.29, 1.82) is 0 Å². The van der Waals surface area contributed by atoms with Gasteiger partial charge < -0.3 is 20.3 Å². The number of nitrogens with one attached hydrogen (secondary N) is 2. The first kappa shape index (κ1) is 26.1. The van der Waals surface area contributed by atoms with Crippen LogP contribution in [-0.4, -0.2) is 53.0 Å². The molecule has 2 N–H and O–H groups in total. The summed E-state index contributed by atoms with van der Waals surface area (Å²) in [5, 5.41) is 6.73. The van der Waals surface area contributed by atoms with Gasteiger partial charge in [0, 0.05) is 23.3 Å². The molecule has 39 heavy (non-hydrogen) atoms. The Kier molecular flexibility index (Phi) is 6.98. The lowest BCUT2D eigenvalue weighted by Gasteiger charge is -2.34. The third-order valence-electron chi connectivity index (χ3n) is 8.80. The van der Waals surface area contributed by atoms with Crippen LogP contribution in [0.25, 0.3) is 0 Å². The topological polar surface area (TPSA) is 87.7 Å². The van der Waals surface area contributed by atoms with Crippen LogP contribution in [0, 0.1) is 18.8 Å². The third-order valence-corrected chi connectivity index (χ3v) is 9.21. The summed E-state index contributed by atoms with van der Waals surface area (Å²) in [5.41, 5.74) is 1.39. The van der Waals surface area contributed by atoms with Crippen LogP contribution in [-0.2, 0) is 25.5 Å². The Labute approximate surface area is 233 Å². The minimum atomic E-state index is -1.16. The number of rotatable bonds is 7. The Morgan fingerprint density at radius 1 is 1.08 bits per heavy atom. The maximum absolute atomic E-state index is 14.1. The van der Waals surface area contributed by atoms with Gasteiger partial charge in [-0.3, -0.25) is 14.4 Å². The fraction of sp³-hybridized carbons (Fsp3) is 0.452. The second-order valence-electron chi connectivity index (χ2n) is 11.3. The van der Waals surface area contributed by atoms with Gasteiger partial charge in [0.15, 0.2) is 0 Å². The molecular formula is C31H34ClN3O4. The fourth-order valence-electron chi connectivity index (χ4n) is 6.83. The second-order valence-corrected chi connectivity index (χ2v) is 11.7. The van der Waals surface area contributed by atoms with Gasteiger partial charge in [0.2, 0.25) is 17.7 Å². The molecule has 3 aliphatic heterocycles. The van der Waals surface area contributed by atoms with Gasteiger partial charge >= 0.3 is 0 Å². The maximum atomic E-state index is 14.1. The highest BCUT2D eigenvalue weighted by Gasteiger charge is 2.72. The van der Waals surface area contributed by atoms with Crippen LogP contribution in [0.5, 0.6) is 0 Å². The predicted octanol–water partition coefficient (Wildman–Crippen LogP) is 4.43. The Morgan fingerprint density at radius 3 is 2.59 bits per heavy atom. The molecule has 4 aliphatic rings. The van der Waals surface area contributed by atoms with Crippen LogP contribution in [0.4, 0.5) is 5.69 Å². The number of fused-ring (bicyclic) bond motifs is 1. The number of amides is 3. The summed E-state index contributed by atoms with van der Waals surface area (Å²) in [4.78, 5) is 43.3. The number of ether oxygens (including phenoxy) is 1. The number of hydrogen-bond donors (Lipinski definition) is 2. The largest absolute Gasteiger partial charge is 0.359 e. The lowest BCUT2D eigenvalue weighted by molar-refractivity contribution is -0.141. The molecule has 3 amide bonds. The number of carbonyl (C=O) groups excluding carboxylic acids is 3. The summed E-state index contributed by atoms with van der Waals surface area (Å²) in [6.07, 6.45) is 8.98. The van der Waals surface area contributed by atoms with E-state index in [1.54, 1.807) is 17.0 Å². The van der Waals surface area contributed by atoms with Gasteiger partial charge in [-0.15, -0.1) is 0 Å². The molecule has 7 nitrogen and oxygen atoms in total. The average Bonchev–Trinajstić information content (AvgIpc) is 3.58. The number of anilines is 1. The summed E-state index contributed by atoms with van der Waals surface area (Å²) in [7, 11) is 0. The number of aryl methyl sites for hydroxylation is 1. The quantitative estimate of drug-likeness (QED) is 0.502. The number of benzene rings is 2. The van der Waals surface area contributed by atoms with Crippen molar-refractivity contribution in [2.45, 2.75) is 69.2 Å². The van der Waals surface area contributed by atoms with E-state index >= 15 is 0 Å². The molecule has 0 aromatic heterocycles. The van der Waals surface area contributed by atoms with Crippen molar-refractivity contribution in [1.82, 2.24) is 10.2 Å². The SMILES string of the molecule is Cc1ccc(NC(=O)[C@H]2[C@@H]3C=C[C@]4(O3)[C@@H]2C(=O)N(CCc2ccccc2)[C@@H]4C(=O)NC2CCCCC2)cc1Cl. The first-order valence-electron chi connectivity index (χ1n) is 14.0. The molecule has 204 valence electrons. The smallest absolute Gasteiger partial charge is 0.246 e. The molecule has 3 heterocycles. The highest BCUT2D eigenvalue weighted by atomic mass is 35.5. The summed E-state index contributed by atoms with van der Waals surface area (Å²) in [6, 6.07) is 14.5. The predicted molar refractivity (Wildman–Crippen MR) is 149 cm³/mol. The zero-order chi connectivity index (χ0) is 27.1. The lowest BCUT2D eigenvalue weighted by atomic mass is 9.74. The molecule has 8 heteroatoms. The van der Waals surface area contributed by atoms with Crippen molar-refractivity contribution < 1.29 is 19.1 Å². The van der Waals surface area contributed by atoms with E-state index in [0.717, 1.165) is 36.8 Å². The Morgan fingerprint density at radius 2 is 1.85 bits per heavy atom. The summed E-state index contributed by atoms with van der Waals surface area (Å²) < 4.78 is 6.45. The van der Waals surface area contributed by atoms with E-state index in [-0.39, 0.29) is 23.8 Å². The first-order valence-corrected chi connectivity index (χ1v) is 14.3. The maximum Gasteiger partial charge on any atom is 0.246 e. The van der Waals surface area contributed by atoms with Crippen LogP contribution in [0.3, 0.4) is 0 Å². The van der Waals surface area contributed by atoms with Gasteiger partial charge in [-0.2, -0.15) is 0 Å². The summed E-state index contributed by atoms with van der Waals surface area (Å²) >= 11 is 6.28. The lowest BCUT2D eigenvalue weighted by Crippen LogP contribution is -2.56. The van der Waals surface area contributed by atoms with Crippen molar-refractivity contribution in [3.8, 4) is 0 Å². The molecule has 1 saturated carbocycles. The van der Waals surface area contributed by atoms with E-state index in [1.807, 2.05) is 55.5 Å². The minimum absolute atomic E-state index is 0.0979. The molecule has 1 aliphatic carbocycles. The van der Waals surface area contributed by atoms with Gasteiger partial charge in [0.25, 0.3) is 0 Å². The number of hydrogen-bond acceptors (Lipinski definition) is 4. The van der Waals surface area contributed by atoms with Crippen LogP contribution < -0.4 is 10.6 Å². The van der Waals surface area contributed by atoms with Crippen molar-refractivity contribution in [2.24, 2.45) is 11.8 Å². The van der Waals surface area contributed by atoms with Crippen molar-refractivity contribution in [3.05, 3.63) is 76.8 Å². The third kappa shape index (κ3) is 4.66. The standard InChI is InChI=1S/C31H34ClN3O4/c1-19-12-13-22(18-23(19)32)34-28(36)25-24-14-16-31(39-24)26(25)30(38)35(17-15-20-8-4-2-5-9-20)27(31)29(37)33-21-10-6-3-7-11-21/h2,4-5,8-9,12-14,16,18,21,24-27H,3,6-7,10-11,15,17H2,1H3,(H,33,37)(H,34,36)/t24-,25-,26-,27+,31-/m0/s1. The first-order chi connectivity index (χ1) is 18.9. The Balaban J connectivity index is 1.29. The number of halogens is 1. The molecular weight excluding hydrogens is 514 g/mol. The number of likely N-dealkylation sites (tertiary alicyclic amines) is 1. The van der Waals surface area contributed by atoms with Crippen molar-refractivity contribution in [2.75, 3.05) is 11.9 Å². The van der Waals surface area contributed by atoms with E-state index < -0.39 is 29.6 Å². The van der Waals surface area contributed by atoms with Crippen LogP contribution >= 0.6 is 11.6 Å². The zero-order valence-corrected chi connectivity index (χ0v) is 22.8. The Bertz CT molecular complexity index is 1310. The van der Waals surface area contributed by atoms with E-state index in [1.165, 1.54) is 6.42 Å². The van der Waals surface area contributed by atoms with E-state index in [9.17, 15) is 14.4 Å². The molecule has 0 unspecified atom stereocenters. The molecule has 5 atom stereocenters. The van der Waals surface area contributed by atoms with E-state index in [2.05, 4.69) is 10.6 Å². The Hall–Kier alpha value is -3.16. The zero-order valence-electron chi connectivity index (χ0n) is 22.1. The average molecular weight is 548 g/mol. The fourth-order valence-corrected chi connectivity index (χ4v) is 7.01. The van der Waals surface area contributed by atoms with Gasteiger partial charge in [0.1, 0.15) is 11.6 Å². The molecule has 2 aromatic carbocycles. The van der Waals surface area contributed by atoms with Gasteiger partial charge in [-0.25, -0.2) is 0 Å². The van der Waals surface area contributed by atoms with Gasteiger partial charge in [-0.05, 0) is 49.4 Å². The second kappa shape index (κ2) is 10.4. The molecule has 2 bridgehead atoms. The van der Waals surface area contributed by atoms with Crippen LogP contribution in [0.2, 0.25) is 5.02 Å². The number of nitrogens with zero attached hydrogens (tertiary/aromatic N) is 1. The molecule has 0 radical (unpaired) electrons. The van der Waals surface area contributed by atoms with Gasteiger partial charge in [0.05, 0.1) is 17.9 Å². The highest BCUT2D eigenvalue weighted by molar-refractivity contribution is 6.31. The normalized spacial score (nSPS) is 29.5. The molecule has 2 saturated heterocycles. The van der Waals surface area contributed by atoms with Crippen LogP contribution in [0.1, 0.15) is 43.2 Å². The van der Waals surface area contributed by atoms with Crippen molar-refractivity contribution >= 4 is 35.0 Å². The molecule has 6 rings (SSSR count). The van der Waals surface area contributed by atoms with E-state index in [4.69, 9.17) is 16.3 Å².